The van der Waals surface area contributed by atoms with E-state index in [0.717, 1.165) is 19.3 Å². The molecule has 17 heavy (non-hydrogen) atoms. The van der Waals surface area contributed by atoms with Crippen molar-refractivity contribution in [3.63, 3.8) is 0 Å². The SMILES string of the molecule is C1=CC2=C(C=CC1)Cc1ccccc1C2.CC. The summed E-state index contributed by atoms with van der Waals surface area (Å²) in [6.45, 7) is 4.00. The van der Waals surface area contributed by atoms with Crippen molar-refractivity contribution in [3.05, 3.63) is 70.8 Å². The van der Waals surface area contributed by atoms with Crippen LogP contribution in [0.15, 0.2) is 59.7 Å². The molecule has 0 fully saturated rings. The number of benzene rings is 1. The summed E-state index contributed by atoms with van der Waals surface area (Å²) in [6.07, 6.45) is 12.4. The van der Waals surface area contributed by atoms with Crippen LogP contribution >= 0.6 is 0 Å². The van der Waals surface area contributed by atoms with E-state index in [1.807, 2.05) is 13.8 Å². The lowest BCUT2D eigenvalue weighted by molar-refractivity contribution is 1.01. The Morgan fingerprint density at radius 2 is 1.24 bits per heavy atom. The van der Waals surface area contributed by atoms with E-state index < -0.39 is 0 Å². The van der Waals surface area contributed by atoms with Gasteiger partial charge in [0.1, 0.15) is 0 Å². The molecule has 0 N–H and O–H groups in total. The summed E-state index contributed by atoms with van der Waals surface area (Å²) in [6, 6.07) is 8.78. The normalized spacial score (nSPS) is 16.6. The molecule has 0 saturated carbocycles. The molecule has 0 aliphatic heterocycles. The molecule has 0 nitrogen and oxygen atoms in total. The summed E-state index contributed by atoms with van der Waals surface area (Å²) in [7, 11) is 0. The fourth-order valence-electron chi connectivity index (χ4n) is 2.37. The Kier molecular flexibility index (Phi) is 3.98. The van der Waals surface area contributed by atoms with Gasteiger partial charge in [0.2, 0.25) is 0 Å². The average Bonchev–Trinajstić information content (AvgIpc) is 2.63. The molecule has 0 spiro atoms. The van der Waals surface area contributed by atoms with Crippen molar-refractivity contribution in [1.29, 1.82) is 0 Å². The molecular formula is C17H20. The Bertz CT molecular complexity index is 430. The van der Waals surface area contributed by atoms with E-state index in [4.69, 9.17) is 0 Å². The molecule has 0 bridgehead atoms. The lowest BCUT2D eigenvalue weighted by Crippen LogP contribution is -2.06. The van der Waals surface area contributed by atoms with Gasteiger partial charge in [0.05, 0.1) is 0 Å². The zero-order valence-corrected chi connectivity index (χ0v) is 10.7. The summed E-state index contributed by atoms with van der Waals surface area (Å²) in [5, 5.41) is 0. The summed E-state index contributed by atoms with van der Waals surface area (Å²) in [5.41, 5.74) is 6.00. The molecule has 0 radical (unpaired) electrons. The van der Waals surface area contributed by atoms with Gasteiger partial charge < -0.3 is 0 Å². The monoisotopic (exact) mass is 224 g/mol. The van der Waals surface area contributed by atoms with Crippen molar-refractivity contribution in [2.24, 2.45) is 0 Å². The van der Waals surface area contributed by atoms with Gasteiger partial charge in [-0.3, -0.25) is 0 Å². The highest BCUT2D eigenvalue weighted by Gasteiger charge is 2.14. The first-order chi connectivity index (χ1) is 8.43. The second kappa shape index (κ2) is 5.67. The summed E-state index contributed by atoms with van der Waals surface area (Å²) >= 11 is 0. The second-order valence-corrected chi connectivity index (χ2v) is 4.21. The van der Waals surface area contributed by atoms with Crippen LogP contribution in [0.4, 0.5) is 0 Å². The number of hydrogen-bond donors (Lipinski definition) is 0. The average molecular weight is 224 g/mol. The van der Waals surface area contributed by atoms with Crippen molar-refractivity contribution in [2.75, 3.05) is 0 Å². The fraction of sp³-hybridized carbons (Fsp3) is 0.294. The minimum absolute atomic E-state index is 1.07. The Hall–Kier alpha value is -1.56. The largest absolute Gasteiger partial charge is 0.0804 e. The molecule has 0 atom stereocenters. The molecule has 0 saturated heterocycles. The highest BCUT2D eigenvalue weighted by Crippen LogP contribution is 2.28. The van der Waals surface area contributed by atoms with Gasteiger partial charge in [-0.25, -0.2) is 0 Å². The maximum Gasteiger partial charge on any atom is -0.00202 e. The van der Waals surface area contributed by atoms with Crippen molar-refractivity contribution in [2.45, 2.75) is 33.1 Å². The molecule has 2 aliphatic rings. The van der Waals surface area contributed by atoms with Crippen LogP contribution < -0.4 is 0 Å². The lowest BCUT2D eigenvalue weighted by Gasteiger charge is -2.19. The minimum Gasteiger partial charge on any atom is -0.0804 e. The van der Waals surface area contributed by atoms with E-state index in [1.54, 1.807) is 0 Å². The van der Waals surface area contributed by atoms with Crippen LogP contribution in [-0.4, -0.2) is 0 Å². The van der Waals surface area contributed by atoms with Gasteiger partial charge in [-0.1, -0.05) is 62.4 Å². The fourth-order valence-corrected chi connectivity index (χ4v) is 2.37. The lowest BCUT2D eigenvalue weighted by atomic mass is 9.86. The third kappa shape index (κ3) is 2.58. The molecule has 3 rings (SSSR count). The number of hydrogen-bond acceptors (Lipinski definition) is 0. The van der Waals surface area contributed by atoms with Gasteiger partial charge in [-0.15, -0.1) is 0 Å². The first kappa shape index (κ1) is 11.9. The molecule has 1 aromatic carbocycles. The number of fused-ring (bicyclic) bond motifs is 1. The third-order valence-corrected chi connectivity index (χ3v) is 3.20. The van der Waals surface area contributed by atoms with Gasteiger partial charge in [-0.05, 0) is 41.5 Å². The zero-order chi connectivity index (χ0) is 12.1. The standard InChI is InChI=1S/C15H14.C2H6/c1-2-6-12-10-14-8-4-5-9-15(14)11-13(12)7-3-1;1-2/h2-9H,1,10-11H2;1-2H3. The number of rotatable bonds is 0. The summed E-state index contributed by atoms with van der Waals surface area (Å²) < 4.78 is 0. The van der Waals surface area contributed by atoms with Crippen LogP contribution in [0.5, 0.6) is 0 Å². The van der Waals surface area contributed by atoms with E-state index in [9.17, 15) is 0 Å². The van der Waals surface area contributed by atoms with Crippen LogP contribution in [0.2, 0.25) is 0 Å². The van der Waals surface area contributed by atoms with Gasteiger partial charge in [0, 0.05) is 0 Å². The Balaban J connectivity index is 0.000000514. The van der Waals surface area contributed by atoms with Crippen molar-refractivity contribution >= 4 is 0 Å². The molecule has 0 heteroatoms. The van der Waals surface area contributed by atoms with E-state index in [1.165, 1.54) is 22.3 Å². The van der Waals surface area contributed by atoms with Crippen LogP contribution in [0, 0.1) is 0 Å². The highest BCUT2D eigenvalue weighted by molar-refractivity contribution is 5.48. The quantitative estimate of drug-likeness (QED) is 0.603. The molecule has 88 valence electrons. The van der Waals surface area contributed by atoms with Gasteiger partial charge in [0.15, 0.2) is 0 Å². The second-order valence-electron chi connectivity index (χ2n) is 4.21. The maximum atomic E-state index is 2.30. The number of allylic oxidation sites excluding steroid dienone is 6. The smallest absolute Gasteiger partial charge is 0.00202 e. The Morgan fingerprint density at radius 1 is 0.765 bits per heavy atom. The van der Waals surface area contributed by atoms with Crippen LogP contribution in [0.1, 0.15) is 31.4 Å². The summed E-state index contributed by atoms with van der Waals surface area (Å²) in [5.74, 6) is 0. The molecule has 0 amide bonds. The van der Waals surface area contributed by atoms with Crippen LogP contribution in [0.3, 0.4) is 0 Å². The zero-order valence-electron chi connectivity index (χ0n) is 10.7. The van der Waals surface area contributed by atoms with Crippen molar-refractivity contribution < 1.29 is 0 Å². The van der Waals surface area contributed by atoms with Gasteiger partial charge in [-0.2, -0.15) is 0 Å². The topological polar surface area (TPSA) is 0 Å². The molecule has 1 aromatic rings. The molecule has 0 unspecified atom stereocenters. The van der Waals surface area contributed by atoms with Crippen molar-refractivity contribution in [3.8, 4) is 0 Å². The van der Waals surface area contributed by atoms with Crippen molar-refractivity contribution in [1.82, 2.24) is 0 Å². The predicted octanol–water partition coefficient (Wildman–Crippen LogP) is 4.62. The predicted molar refractivity (Wildman–Crippen MR) is 75.1 cm³/mol. The van der Waals surface area contributed by atoms with Gasteiger partial charge in [0.25, 0.3) is 0 Å². The Morgan fingerprint density at radius 3 is 1.71 bits per heavy atom. The van der Waals surface area contributed by atoms with Gasteiger partial charge >= 0.3 is 0 Å². The highest BCUT2D eigenvalue weighted by atomic mass is 14.2. The van der Waals surface area contributed by atoms with E-state index in [-0.39, 0.29) is 0 Å². The summed E-state index contributed by atoms with van der Waals surface area (Å²) in [4.78, 5) is 0. The molecule has 2 aliphatic carbocycles. The van der Waals surface area contributed by atoms with E-state index >= 15 is 0 Å². The Labute approximate surface area is 104 Å². The molecular weight excluding hydrogens is 204 g/mol. The molecule has 0 heterocycles. The van der Waals surface area contributed by atoms with E-state index in [2.05, 4.69) is 48.6 Å². The van der Waals surface area contributed by atoms with Crippen LogP contribution in [-0.2, 0) is 12.8 Å². The first-order valence-electron chi connectivity index (χ1n) is 6.55. The first-order valence-corrected chi connectivity index (χ1v) is 6.55. The maximum absolute atomic E-state index is 2.30. The third-order valence-electron chi connectivity index (χ3n) is 3.20. The molecule has 0 aromatic heterocycles. The van der Waals surface area contributed by atoms with Crippen LogP contribution in [0.25, 0.3) is 0 Å². The minimum atomic E-state index is 1.07. The van der Waals surface area contributed by atoms with E-state index in [0.29, 0.717) is 0 Å².